The van der Waals surface area contributed by atoms with Crippen molar-refractivity contribution in [2.24, 2.45) is 5.84 Å². The van der Waals surface area contributed by atoms with Gasteiger partial charge < -0.3 is 0 Å². The summed E-state index contributed by atoms with van der Waals surface area (Å²) in [5.41, 5.74) is 6.04. The number of hydrazine groups is 1. The van der Waals surface area contributed by atoms with Crippen molar-refractivity contribution in [3.8, 4) is 11.3 Å². The molecule has 1 aromatic heterocycles. The maximum absolute atomic E-state index is 5.25. The third-order valence-electron chi connectivity index (χ3n) is 2.12. The lowest BCUT2D eigenvalue weighted by molar-refractivity contribution is 0.737. The highest BCUT2D eigenvalue weighted by Crippen LogP contribution is 2.22. The number of halogens is 1. The summed E-state index contributed by atoms with van der Waals surface area (Å²) in [4.78, 5) is 4.49. The lowest BCUT2D eigenvalue weighted by Crippen LogP contribution is -2.20. The molecule has 0 unspecified atom stereocenters. The predicted molar refractivity (Wildman–Crippen MR) is 70.6 cm³/mol. The zero-order chi connectivity index (χ0) is 10.7. The van der Waals surface area contributed by atoms with E-state index in [1.807, 2.05) is 6.07 Å². The molecule has 0 bridgehead atoms. The number of nitrogens with zero attached hydrogens (tertiary/aromatic N) is 1. The van der Waals surface area contributed by atoms with Crippen LogP contribution in [0.15, 0.2) is 29.6 Å². The molecular formula is C11H14ClN3S. The van der Waals surface area contributed by atoms with Gasteiger partial charge >= 0.3 is 0 Å². The maximum Gasteiger partial charge on any atom is 0.108 e. The highest BCUT2D eigenvalue weighted by molar-refractivity contribution is 7.09. The average Bonchev–Trinajstić information content (AvgIpc) is 2.67. The number of rotatable bonds is 3. The van der Waals surface area contributed by atoms with Gasteiger partial charge in [-0.1, -0.05) is 23.8 Å². The van der Waals surface area contributed by atoms with E-state index in [1.165, 1.54) is 5.56 Å². The Kier molecular flexibility index (Phi) is 4.89. The molecule has 5 heteroatoms. The Labute approximate surface area is 105 Å². The number of hydrogen-bond donors (Lipinski definition) is 2. The lowest BCUT2D eigenvalue weighted by Gasteiger charge is -1.97. The fourth-order valence-electron chi connectivity index (χ4n) is 1.42. The van der Waals surface area contributed by atoms with Gasteiger partial charge in [-0.25, -0.2) is 4.98 Å². The Balaban J connectivity index is 0.00000128. The number of nitrogens with one attached hydrogen (secondary N) is 1. The summed E-state index contributed by atoms with van der Waals surface area (Å²) >= 11 is 1.62. The molecule has 3 N–H and O–H groups in total. The molecule has 0 saturated heterocycles. The minimum atomic E-state index is 0. The summed E-state index contributed by atoms with van der Waals surface area (Å²) in [6, 6.07) is 8.33. The van der Waals surface area contributed by atoms with Crippen molar-refractivity contribution < 1.29 is 0 Å². The van der Waals surface area contributed by atoms with Gasteiger partial charge in [-0.2, -0.15) is 0 Å². The predicted octanol–water partition coefficient (Wildman–Crippen LogP) is 2.50. The van der Waals surface area contributed by atoms with Gasteiger partial charge in [0, 0.05) is 10.9 Å². The Morgan fingerprint density at radius 2 is 2.25 bits per heavy atom. The number of aromatic nitrogens is 1. The van der Waals surface area contributed by atoms with Gasteiger partial charge in [0.1, 0.15) is 5.01 Å². The summed E-state index contributed by atoms with van der Waals surface area (Å²) in [7, 11) is 0. The minimum Gasteiger partial charge on any atom is -0.271 e. The van der Waals surface area contributed by atoms with Crippen LogP contribution in [0.4, 0.5) is 0 Å². The summed E-state index contributed by atoms with van der Waals surface area (Å²) in [5, 5.41) is 3.07. The third-order valence-corrected chi connectivity index (χ3v) is 2.97. The average molecular weight is 256 g/mol. The summed E-state index contributed by atoms with van der Waals surface area (Å²) in [6.45, 7) is 2.70. The topological polar surface area (TPSA) is 50.9 Å². The molecule has 1 aromatic carbocycles. The van der Waals surface area contributed by atoms with Crippen molar-refractivity contribution in [1.82, 2.24) is 10.4 Å². The highest BCUT2D eigenvalue weighted by Gasteiger charge is 2.03. The second-order valence-electron chi connectivity index (χ2n) is 3.38. The van der Waals surface area contributed by atoms with E-state index in [2.05, 4.69) is 40.9 Å². The van der Waals surface area contributed by atoms with Crippen molar-refractivity contribution >= 4 is 23.7 Å². The van der Waals surface area contributed by atoms with E-state index in [1.54, 1.807) is 11.3 Å². The highest BCUT2D eigenvalue weighted by atomic mass is 35.5. The van der Waals surface area contributed by atoms with E-state index < -0.39 is 0 Å². The van der Waals surface area contributed by atoms with Crippen LogP contribution in [0.5, 0.6) is 0 Å². The van der Waals surface area contributed by atoms with E-state index in [0.717, 1.165) is 16.3 Å². The first kappa shape index (κ1) is 13.1. The first-order valence-electron chi connectivity index (χ1n) is 4.74. The molecule has 0 spiro atoms. The second kappa shape index (κ2) is 5.96. The van der Waals surface area contributed by atoms with Crippen LogP contribution in [-0.4, -0.2) is 4.98 Å². The first-order valence-corrected chi connectivity index (χ1v) is 5.62. The summed E-state index contributed by atoms with van der Waals surface area (Å²) < 4.78 is 0. The SMILES string of the molecule is Cc1cccc(-c2csc(CNN)n2)c1.Cl. The van der Waals surface area contributed by atoms with Crippen LogP contribution in [0, 0.1) is 6.92 Å². The van der Waals surface area contributed by atoms with Gasteiger partial charge in [0.15, 0.2) is 0 Å². The van der Waals surface area contributed by atoms with Crippen LogP contribution < -0.4 is 11.3 Å². The van der Waals surface area contributed by atoms with Crippen molar-refractivity contribution in [1.29, 1.82) is 0 Å². The molecule has 0 atom stereocenters. The zero-order valence-corrected chi connectivity index (χ0v) is 10.6. The van der Waals surface area contributed by atoms with Crippen LogP contribution in [0.3, 0.4) is 0 Å². The van der Waals surface area contributed by atoms with E-state index in [-0.39, 0.29) is 12.4 Å². The normalized spacial score (nSPS) is 9.88. The number of hydrogen-bond acceptors (Lipinski definition) is 4. The molecule has 0 fully saturated rings. The van der Waals surface area contributed by atoms with Gasteiger partial charge in [0.25, 0.3) is 0 Å². The molecule has 0 saturated carbocycles. The molecule has 0 aliphatic carbocycles. The molecule has 86 valence electrons. The molecule has 2 rings (SSSR count). The van der Waals surface area contributed by atoms with Gasteiger partial charge in [0.2, 0.25) is 0 Å². The Hall–Kier alpha value is -0.940. The van der Waals surface area contributed by atoms with E-state index >= 15 is 0 Å². The zero-order valence-electron chi connectivity index (χ0n) is 8.93. The lowest BCUT2D eigenvalue weighted by atomic mass is 10.1. The quantitative estimate of drug-likeness (QED) is 0.655. The standard InChI is InChI=1S/C11H13N3S.ClH/c1-8-3-2-4-9(5-8)10-7-15-11(14-10)6-13-12;/h2-5,7,13H,6,12H2,1H3;1H. The molecule has 0 amide bonds. The fraction of sp³-hybridized carbons (Fsp3) is 0.182. The molecular weight excluding hydrogens is 242 g/mol. The molecule has 1 heterocycles. The number of aryl methyl sites for hydroxylation is 1. The van der Waals surface area contributed by atoms with Crippen LogP contribution in [0.2, 0.25) is 0 Å². The monoisotopic (exact) mass is 255 g/mol. The van der Waals surface area contributed by atoms with Crippen LogP contribution in [0.25, 0.3) is 11.3 Å². The molecule has 3 nitrogen and oxygen atoms in total. The number of benzene rings is 1. The van der Waals surface area contributed by atoms with Gasteiger partial charge in [-0.3, -0.25) is 11.3 Å². The van der Waals surface area contributed by atoms with Gasteiger partial charge in [-0.15, -0.1) is 23.7 Å². The molecule has 16 heavy (non-hydrogen) atoms. The second-order valence-corrected chi connectivity index (χ2v) is 4.32. The third kappa shape index (κ3) is 3.02. The van der Waals surface area contributed by atoms with Crippen LogP contribution in [-0.2, 0) is 6.54 Å². The van der Waals surface area contributed by atoms with Crippen molar-refractivity contribution in [3.05, 3.63) is 40.2 Å². The van der Waals surface area contributed by atoms with Crippen molar-refractivity contribution in [2.75, 3.05) is 0 Å². The number of nitrogens with two attached hydrogens (primary N) is 1. The minimum absolute atomic E-state index is 0. The largest absolute Gasteiger partial charge is 0.271 e. The van der Waals surface area contributed by atoms with Crippen LogP contribution in [0.1, 0.15) is 10.6 Å². The summed E-state index contributed by atoms with van der Waals surface area (Å²) in [6.07, 6.45) is 0. The Morgan fingerprint density at radius 3 is 2.94 bits per heavy atom. The Morgan fingerprint density at radius 1 is 1.44 bits per heavy atom. The van der Waals surface area contributed by atoms with E-state index in [4.69, 9.17) is 5.84 Å². The van der Waals surface area contributed by atoms with Crippen molar-refractivity contribution in [3.63, 3.8) is 0 Å². The van der Waals surface area contributed by atoms with Gasteiger partial charge in [0.05, 0.1) is 12.2 Å². The molecule has 0 aliphatic heterocycles. The molecule has 2 aromatic rings. The summed E-state index contributed by atoms with van der Waals surface area (Å²) in [5.74, 6) is 5.25. The smallest absolute Gasteiger partial charge is 0.108 e. The molecule has 0 aliphatic rings. The van der Waals surface area contributed by atoms with Crippen molar-refractivity contribution in [2.45, 2.75) is 13.5 Å². The van der Waals surface area contributed by atoms with E-state index in [0.29, 0.717) is 6.54 Å². The number of thiazole rings is 1. The Bertz CT molecular complexity index is 456. The fourth-order valence-corrected chi connectivity index (χ4v) is 2.17. The van der Waals surface area contributed by atoms with Gasteiger partial charge in [-0.05, 0) is 13.0 Å². The first-order chi connectivity index (χ1) is 7.29. The van der Waals surface area contributed by atoms with E-state index in [9.17, 15) is 0 Å². The molecule has 0 radical (unpaired) electrons. The van der Waals surface area contributed by atoms with Crippen LogP contribution >= 0.6 is 23.7 Å². The maximum atomic E-state index is 5.25.